The maximum Gasteiger partial charge on any atom is 0.253 e. The molecule has 0 spiro atoms. The smallest absolute Gasteiger partial charge is 0.253 e. The van der Waals surface area contributed by atoms with Crippen molar-refractivity contribution in [2.75, 3.05) is 7.05 Å². The molecule has 0 aliphatic heterocycles. The normalized spacial score (nSPS) is 10.4. The largest absolute Gasteiger partial charge is 0.489 e. The van der Waals surface area contributed by atoms with E-state index in [9.17, 15) is 9.18 Å². The number of hydrogen-bond donors (Lipinski definition) is 0. The lowest BCUT2D eigenvalue weighted by Gasteiger charge is -2.17. The summed E-state index contributed by atoms with van der Waals surface area (Å²) in [6.45, 7) is 0.907. The zero-order chi connectivity index (χ0) is 18.4. The highest BCUT2D eigenvalue weighted by Crippen LogP contribution is 2.16. The Balaban J connectivity index is 1.58. The van der Waals surface area contributed by atoms with Crippen molar-refractivity contribution in [3.8, 4) is 5.75 Å². The summed E-state index contributed by atoms with van der Waals surface area (Å²) < 4.78 is 18.7. The van der Waals surface area contributed by atoms with Gasteiger partial charge in [0.1, 0.15) is 18.2 Å². The molecule has 0 N–H and O–H groups in total. The molecule has 4 heteroatoms. The molecule has 0 fully saturated rings. The first-order valence-corrected chi connectivity index (χ1v) is 8.38. The lowest BCUT2D eigenvalue weighted by atomic mass is 10.1. The SMILES string of the molecule is CN(Cc1ccc(F)cc1)C(=O)c1ccc(OCc2ccccc2)cc1. The van der Waals surface area contributed by atoms with Crippen LogP contribution in [0.3, 0.4) is 0 Å². The van der Waals surface area contributed by atoms with Gasteiger partial charge in [0, 0.05) is 19.2 Å². The van der Waals surface area contributed by atoms with Gasteiger partial charge in [-0.3, -0.25) is 4.79 Å². The average molecular weight is 349 g/mol. The summed E-state index contributed by atoms with van der Waals surface area (Å²) in [5.41, 5.74) is 2.55. The third-order valence-corrected chi connectivity index (χ3v) is 4.03. The van der Waals surface area contributed by atoms with E-state index in [4.69, 9.17) is 4.74 Å². The van der Waals surface area contributed by atoms with E-state index in [2.05, 4.69) is 0 Å². The Bertz CT molecular complexity index is 846. The number of hydrogen-bond acceptors (Lipinski definition) is 2. The van der Waals surface area contributed by atoms with Crippen molar-refractivity contribution in [2.45, 2.75) is 13.2 Å². The van der Waals surface area contributed by atoms with Crippen molar-refractivity contribution in [1.29, 1.82) is 0 Å². The van der Waals surface area contributed by atoms with Gasteiger partial charge in [0.05, 0.1) is 0 Å². The third kappa shape index (κ3) is 4.70. The molecule has 0 saturated heterocycles. The molecule has 0 radical (unpaired) electrons. The highest BCUT2D eigenvalue weighted by molar-refractivity contribution is 5.94. The van der Waals surface area contributed by atoms with Crippen molar-refractivity contribution in [1.82, 2.24) is 4.90 Å². The molecule has 0 bridgehead atoms. The zero-order valence-electron chi connectivity index (χ0n) is 14.6. The van der Waals surface area contributed by atoms with Crippen LogP contribution in [0.15, 0.2) is 78.9 Å². The van der Waals surface area contributed by atoms with E-state index in [0.717, 1.165) is 11.1 Å². The number of benzene rings is 3. The van der Waals surface area contributed by atoms with Crippen molar-refractivity contribution < 1.29 is 13.9 Å². The van der Waals surface area contributed by atoms with Crippen LogP contribution in [0.1, 0.15) is 21.5 Å². The lowest BCUT2D eigenvalue weighted by molar-refractivity contribution is 0.0785. The molecule has 0 atom stereocenters. The summed E-state index contributed by atoms with van der Waals surface area (Å²) in [6.07, 6.45) is 0. The van der Waals surface area contributed by atoms with Crippen molar-refractivity contribution in [2.24, 2.45) is 0 Å². The van der Waals surface area contributed by atoms with Gasteiger partial charge in [0.15, 0.2) is 0 Å². The fraction of sp³-hybridized carbons (Fsp3) is 0.136. The highest BCUT2D eigenvalue weighted by atomic mass is 19.1. The second kappa shape index (κ2) is 8.30. The van der Waals surface area contributed by atoms with Crippen LogP contribution < -0.4 is 4.74 Å². The molecule has 0 saturated carbocycles. The highest BCUT2D eigenvalue weighted by Gasteiger charge is 2.12. The maximum atomic E-state index is 13.0. The molecule has 132 valence electrons. The predicted molar refractivity (Wildman–Crippen MR) is 99.4 cm³/mol. The summed E-state index contributed by atoms with van der Waals surface area (Å²) >= 11 is 0. The van der Waals surface area contributed by atoms with Gasteiger partial charge in [-0.05, 0) is 47.5 Å². The fourth-order valence-electron chi connectivity index (χ4n) is 2.59. The Morgan fingerprint density at radius 1 is 0.885 bits per heavy atom. The molecule has 1 amide bonds. The summed E-state index contributed by atoms with van der Waals surface area (Å²) in [5, 5.41) is 0. The lowest BCUT2D eigenvalue weighted by Crippen LogP contribution is -2.26. The number of nitrogens with zero attached hydrogens (tertiary/aromatic N) is 1. The number of halogens is 1. The van der Waals surface area contributed by atoms with Crippen LogP contribution >= 0.6 is 0 Å². The molecule has 3 aromatic rings. The minimum Gasteiger partial charge on any atom is -0.489 e. The first kappa shape index (κ1) is 17.7. The quantitative estimate of drug-likeness (QED) is 0.647. The molecule has 26 heavy (non-hydrogen) atoms. The van der Waals surface area contributed by atoms with Gasteiger partial charge in [-0.2, -0.15) is 0 Å². The minimum absolute atomic E-state index is 0.0936. The molecule has 3 aromatic carbocycles. The predicted octanol–water partition coefficient (Wildman–Crippen LogP) is 4.68. The maximum absolute atomic E-state index is 13.0. The van der Waals surface area contributed by atoms with Crippen LogP contribution in [0.5, 0.6) is 5.75 Å². The van der Waals surface area contributed by atoms with Crippen LogP contribution in [0.4, 0.5) is 4.39 Å². The molecule has 3 nitrogen and oxygen atoms in total. The van der Waals surface area contributed by atoms with Gasteiger partial charge in [-0.1, -0.05) is 42.5 Å². The average Bonchev–Trinajstić information content (AvgIpc) is 2.69. The van der Waals surface area contributed by atoms with E-state index in [1.807, 2.05) is 30.3 Å². The second-order valence-electron chi connectivity index (χ2n) is 6.09. The molecule has 0 aliphatic rings. The van der Waals surface area contributed by atoms with Crippen LogP contribution in [-0.2, 0) is 13.2 Å². The summed E-state index contributed by atoms with van der Waals surface area (Å²) in [7, 11) is 1.73. The van der Waals surface area contributed by atoms with E-state index in [0.29, 0.717) is 24.5 Å². The third-order valence-electron chi connectivity index (χ3n) is 4.03. The van der Waals surface area contributed by atoms with Crippen LogP contribution in [0.25, 0.3) is 0 Å². The molecule has 3 rings (SSSR count). The first-order chi connectivity index (χ1) is 12.6. The van der Waals surface area contributed by atoms with Crippen molar-refractivity contribution in [3.63, 3.8) is 0 Å². The molecule has 0 unspecified atom stereocenters. The van der Waals surface area contributed by atoms with E-state index in [1.165, 1.54) is 12.1 Å². The van der Waals surface area contributed by atoms with E-state index in [-0.39, 0.29) is 11.7 Å². The second-order valence-corrected chi connectivity index (χ2v) is 6.09. The summed E-state index contributed by atoms with van der Waals surface area (Å²) in [6, 6.07) is 23.2. The van der Waals surface area contributed by atoms with Crippen LogP contribution in [0, 0.1) is 5.82 Å². The Morgan fingerprint density at radius 2 is 1.54 bits per heavy atom. The Labute approximate surface area is 152 Å². The van der Waals surface area contributed by atoms with Crippen LogP contribution in [-0.4, -0.2) is 17.9 Å². The Morgan fingerprint density at radius 3 is 2.19 bits per heavy atom. The minimum atomic E-state index is -0.283. The molecular weight excluding hydrogens is 329 g/mol. The van der Waals surface area contributed by atoms with E-state index < -0.39 is 0 Å². The first-order valence-electron chi connectivity index (χ1n) is 8.38. The Hall–Kier alpha value is -3.14. The van der Waals surface area contributed by atoms with E-state index in [1.54, 1.807) is 48.3 Å². The van der Waals surface area contributed by atoms with E-state index >= 15 is 0 Å². The molecule has 0 heterocycles. The summed E-state index contributed by atoms with van der Waals surface area (Å²) in [5.74, 6) is 0.337. The number of ether oxygens (including phenoxy) is 1. The molecule has 0 aliphatic carbocycles. The van der Waals surface area contributed by atoms with Gasteiger partial charge in [0.25, 0.3) is 5.91 Å². The molecular formula is C22H20FNO2. The monoisotopic (exact) mass is 349 g/mol. The zero-order valence-corrected chi connectivity index (χ0v) is 14.6. The Kier molecular flexibility index (Phi) is 5.64. The van der Waals surface area contributed by atoms with Gasteiger partial charge < -0.3 is 9.64 Å². The van der Waals surface area contributed by atoms with Crippen LogP contribution in [0.2, 0.25) is 0 Å². The van der Waals surface area contributed by atoms with Gasteiger partial charge in [-0.15, -0.1) is 0 Å². The standard InChI is InChI=1S/C22H20FNO2/c1-24(15-17-7-11-20(23)12-8-17)22(25)19-9-13-21(14-10-19)26-16-18-5-3-2-4-6-18/h2-14H,15-16H2,1H3. The summed E-state index contributed by atoms with van der Waals surface area (Å²) in [4.78, 5) is 14.1. The number of rotatable bonds is 6. The van der Waals surface area contributed by atoms with Gasteiger partial charge in [0.2, 0.25) is 0 Å². The van der Waals surface area contributed by atoms with Crippen molar-refractivity contribution in [3.05, 3.63) is 101 Å². The fourth-order valence-corrected chi connectivity index (χ4v) is 2.59. The number of carbonyl (C=O) groups is 1. The number of amides is 1. The number of carbonyl (C=O) groups excluding carboxylic acids is 1. The molecule has 0 aromatic heterocycles. The van der Waals surface area contributed by atoms with Crippen molar-refractivity contribution >= 4 is 5.91 Å². The topological polar surface area (TPSA) is 29.5 Å². The van der Waals surface area contributed by atoms with Gasteiger partial charge in [-0.25, -0.2) is 4.39 Å². The van der Waals surface area contributed by atoms with Gasteiger partial charge >= 0.3 is 0 Å².